The summed E-state index contributed by atoms with van der Waals surface area (Å²) in [5, 5.41) is 2.28. The Balaban J connectivity index is 2.24. The predicted octanol–water partition coefficient (Wildman–Crippen LogP) is -0.156. The molecular weight excluding hydrogens is 392 g/mol. The summed E-state index contributed by atoms with van der Waals surface area (Å²) in [6.45, 7) is 0. The zero-order chi connectivity index (χ0) is 21.1. The molecule has 0 aromatic heterocycles. The largest absolute Gasteiger partial charge is 0.465 e. The number of carbonyl (C=O) groups is 4. The third kappa shape index (κ3) is 4.66. The third-order valence-corrected chi connectivity index (χ3v) is 6.12. The number of nitrogens with one attached hydrogen (secondary N) is 1. The molecule has 152 valence electrons. The summed E-state index contributed by atoms with van der Waals surface area (Å²) in [7, 11) is 0.407. The lowest BCUT2D eigenvalue weighted by Gasteiger charge is -2.22. The molecule has 28 heavy (non-hydrogen) atoms. The number of rotatable bonds is 4. The standard InChI is InChI=1S/C17H20N2O8S/c1-19(11-6-7-28(24,25)9-11)15(21)14(20)18-13-8-10(16(22)26-2)4-5-12(13)17(23)27-3/h4-5,8,11H,6-7,9H2,1-3H3,(H,18,20). The van der Waals surface area contributed by atoms with Gasteiger partial charge >= 0.3 is 23.8 Å². The Labute approximate surface area is 161 Å². The monoisotopic (exact) mass is 412 g/mol. The van der Waals surface area contributed by atoms with Crippen LogP contribution in [0.1, 0.15) is 27.1 Å². The average Bonchev–Trinajstić information content (AvgIpc) is 3.05. The minimum Gasteiger partial charge on any atom is -0.465 e. The van der Waals surface area contributed by atoms with Crippen molar-refractivity contribution in [2.45, 2.75) is 12.5 Å². The molecule has 2 amide bonds. The van der Waals surface area contributed by atoms with Crippen molar-refractivity contribution in [3.05, 3.63) is 29.3 Å². The number of amides is 2. The van der Waals surface area contributed by atoms with Crippen LogP contribution < -0.4 is 5.32 Å². The summed E-state index contributed by atoms with van der Waals surface area (Å²) in [4.78, 5) is 49.4. The number of hydrogen-bond donors (Lipinski definition) is 1. The van der Waals surface area contributed by atoms with Crippen LogP contribution in [0.15, 0.2) is 18.2 Å². The molecule has 1 aliphatic rings. The van der Waals surface area contributed by atoms with Crippen LogP contribution in [0, 0.1) is 0 Å². The van der Waals surface area contributed by atoms with Gasteiger partial charge in [0.05, 0.1) is 42.5 Å². The molecule has 11 heteroatoms. The number of benzene rings is 1. The van der Waals surface area contributed by atoms with E-state index < -0.39 is 39.6 Å². The number of nitrogens with zero attached hydrogens (tertiary/aromatic N) is 1. The van der Waals surface area contributed by atoms with Gasteiger partial charge in [-0.15, -0.1) is 0 Å². The van der Waals surface area contributed by atoms with Crippen LogP contribution in [-0.4, -0.2) is 75.9 Å². The van der Waals surface area contributed by atoms with E-state index in [0.717, 1.165) is 12.0 Å². The van der Waals surface area contributed by atoms with Gasteiger partial charge in [0, 0.05) is 13.1 Å². The lowest BCUT2D eigenvalue weighted by Crippen LogP contribution is -2.44. The first-order valence-corrected chi connectivity index (χ1v) is 10.0. The fraction of sp³-hybridized carbons (Fsp3) is 0.412. The molecule has 0 bridgehead atoms. The first-order chi connectivity index (χ1) is 13.1. The molecule has 1 heterocycles. The molecule has 10 nitrogen and oxygen atoms in total. The molecule has 0 radical (unpaired) electrons. The van der Waals surface area contributed by atoms with Gasteiger partial charge in [0.15, 0.2) is 9.84 Å². The van der Waals surface area contributed by atoms with Crippen LogP contribution in [0.3, 0.4) is 0 Å². The van der Waals surface area contributed by atoms with Crippen LogP contribution in [-0.2, 0) is 28.9 Å². The van der Waals surface area contributed by atoms with Crippen molar-refractivity contribution < 1.29 is 37.1 Å². The molecule has 1 aliphatic heterocycles. The number of anilines is 1. The van der Waals surface area contributed by atoms with Gasteiger partial charge in [-0.05, 0) is 24.6 Å². The fourth-order valence-electron chi connectivity index (χ4n) is 2.76. The minimum absolute atomic E-state index is 0.0492. The Morgan fingerprint density at radius 2 is 1.75 bits per heavy atom. The first-order valence-electron chi connectivity index (χ1n) is 8.19. The van der Waals surface area contributed by atoms with Crippen molar-refractivity contribution in [2.75, 3.05) is 38.1 Å². The lowest BCUT2D eigenvalue weighted by atomic mass is 10.1. The number of hydrogen-bond acceptors (Lipinski definition) is 8. The number of sulfone groups is 1. The van der Waals surface area contributed by atoms with Crippen molar-refractivity contribution in [1.82, 2.24) is 4.90 Å². The van der Waals surface area contributed by atoms with Gasteiger partial charge in [0.2, 0.25) is 0 Å². The van der Waals surface area contributed by atoms with Crippen LogP contribution in [0.25, 0.3) is 0 Å². The fourth-order valence-corrected chi connectivity index (χ4v) is 4.54. The van der Waals surface area contributed by atoms with Crippen molar-refractivity contribution in [2.24, 2.45) is 0 Å². The second kappa shape index (κ2) is 8.38. The highest BCUT2D eigenvalue weighted by Crippen LogP contribution is 2.21. The quantitative estimate of drug-likeness (QED) is 0.532. The smallest absolute Gasteiger partial charge is 0.339 e. The number of methoxy groups -OCH3 is 2. The molecule has 1 atom stereocenters. The van der Waals surface area contributed by atoms with E-state index in [1.54, 1.807) is 0 Å². The lowest BCUT2D eigenvalue weighted by molar-refractivity contribution is -0.143. The van der Waals surface area contributed by atoms with E-state index in [1.807, 2.05) is 0 Å². The molecule has 0 aliphatic carbocycles. The zero-order valence-electron chi connectivity index (χ0n) is 15.6. The summed E-state index contributed by atoms with van der Waals surface area (Å²) in [5.74, 6) is -3.81. The first kappa shape index (κ1) is 21.4. The molecule has 0 saturated carbocycles. The highest BCUT2D eigenvalue weighted by Gasteiger charge is 2.35. The minimum atomic E-state index is -3.24. The van der Waals surface area contributed by atoms with Crippen molar-refractivity contribution >= 4 is 39.3 Å². The highest BCUT2D eigenvalue weighted by molar-refractivity contribution is 7.91. The number of carbonyl (C=O) groups excluding carboxylic acids is 4. The van der Waals surface area contributed by atoms with Gasteiger partial charge in [-0.1, -0.05) is 0 Å². The second-order valence-electron chi connectivity index (χ2n) is 6.17. The van der Waals surface area contributed by atoms with E-state index in [0.29, 0.717) is 0 Å². The Morgan fingerprint density at radius 1 is 1.11 bits per heavy atom. The van der Waals surface area contributed by atoms with E-state index >= 15 is 0 Å². The highest BCUT2D eigenvalue weighted by atomic mass is 32.2. The Morgan fingerprint density at radius 3 is 2.29 bits per heavy atom. The van der Waals surface area contributed by atoms with Crippen molar-refractivity contribution in [3.63, 3.8) is 0 Å². The maximum Gasteiger partial charge on any atom is 0.339 e. The zero-order valence-corrected chi connectivity index (χ0v) is 16.4. The summed E-state index contributed by atoms with van der Waals surface area (Å²) in [6, 6.07) is 3.14. The summed E-state index contributed by atoms with van der Waals surface area (Å²) in [5.41, 5.74) is -0.129. The summed E-state index contributed by atoms with van der Waals surface area (Å²) >= 11 is 0. The topological polar surface area (TPSA) is 136 Å². The maximum absolute atomic E-state index is 12.4. The SMILES string of the molecule is COC(=O)c1ccc(C(=O)OC)c(NC(=O)C(=O)N(C)C2CCS(=O)(=O)C2)c1. The van der Waals surface area contributed by atoms with Crippen molar-refractivity contribution in [3.8, 4) is 0 Å². The second-order valence-corrected chi connectivity index (χ2v) is 8.40. The normalized spacial score (nSPS) is 17.5. The van der Waals surface area contributed by atoms with Gasteiger partial charge in [-0.25, -0.2) is 18.0 Å². The third-order valence-electron chi connectivity index (χ3n) is 4.36. The van der Waals surface area contributed by atoms with Gasteiger partial charge in [0.1, 0.15) is 0 Å². The van der Waals surface area contributed by atoms with Crippen LogP contribution in [0.4, 0.5) is 5.69 Å². The molecule has 0 spiro atoms. The van der Waals surface area contributed by atoms with E-state index in [2.05, 4.69) is 14.8 Å². The van der Waals surface area contributed by atoms with E-state index in [1.165, 1.54) is 32.4 Å². The summed E-state index contributed by atoms with van der Waals surface area (Å²) in [6.07, 6.45) is 0.239. The molecule has 1 saturated heterocycles. The van der Waals surface area contributed by atoms with Gasteiger partial charge in [-0.2, -0.15) is 0 Å². The number of esters is 2. The average molecular weight is 412 g/mol. The Kier molecular flexibility index (Phi) is 6.39. The van der Waals surface area contributed by atoms with E-state index in [9.17, 15) is 27.6 Å². The van der Waals surface area contributed by atoms with Gasteiger partial charge < -0.3 is 19.7 Å². The van der Waals surface area contributed by atoms with E-state index in [4.69, 9.17) is 0 Å². The number of likely N-dealkylation sites (N-methyl/N-ethyl adjacent to an activating group) is 1. The Bertz CT molecular complexity index is 925. The molecule has 2 rings (SSSR count). The molecule has 1 N–H and O–H groups in total. The molecule has 1 aromatic carbocycles. The molecule has 1 aromatic rings. The molecule has 1 fully saturated rings. The van der Waals surface area contributed by atoms with Crippen molar-refractivity contribution in [1.29, 1.82) is 0 Å². The Hall–Kier alpha value is -2.95. The van der Waals surface area contributed by atoms with Gasteiger partial charge in [0.25, 0.3) is 0 Å². The van der Waals surface area contributed by atoms with Gasteiger partial charge in [-0.3, -0.25) is 9.59 Å². The van der Waals surface area contributed by atoms with Crippen LogP contribution >= 0.6 is 0 Å². The summed E-state index contributed by atoms with van der Waals surface area (Å²) < 4.78 is 32.4. The predicted molar refractivity (Wildman–Crippen MR) is 97.6 cm³/mol. The number of ether oxygens (including phenoxy) is 2. The van der Waals surface area contributed by atoms with Crippen LogP contribution in [0.2, 0.25) is 0 Å². The van der Waals surface area contributed by atoms with Crippen LogP contribution in [0.5, 0.6) is 0 Å². The van der Waals surface area contributed by atoms with E-state index in [-0.39, 0.29) is 34.7 Å². The maximum atomic E-state index is 12.4. The molecular formula is C17H20N2O8S. The molecule has 1 unspecified atom stereocenters.